The van der Waals surface area contributed by atoms with Crippen LogP contribution in [-0.2, 0) is 4.79 Å². The van der Waals surface area contributed by atoms with Crippen LogP contribution in [-0.4, -0.2) is 30.9 Å². The van der Waals surface area contributed by atoms with E-state index < -0.39 is 0 Å². The average molecular weight is 442 g/mol. The van der Waals surface area contributed by atoms with E-state index in [-0.39, 0.29) is 11.2 Å². The number of anilines is 1. The van der Waals surface area contributed by atoms with Gasteiger partial charge in [-0.2, -0.15) is 0 Å². The third kappa shape index (κ3) is 4.29. The molecule has 1 atom stereocenters. The van der Waals surface area contributed by atoms with Gasteiger partial charge >= 0.3 is 0 Å². The van der Waals surface area contributed by atoms with Crippen molar-refractivity contribution < 1.29 is 4.79 Å². The molecule has 7 heteroatoms. The molecule has 1 N–H and O–H groups in total. The van der Waals surface area contributed by atoms with E-state index in [1.165, 1.54) is 11.8 Å². The number of pyridine rings is 1. The van der Waals surface area contributed by atoms with Crippen LogP contribution in [0.15, 0.2) is 84.3 Å². The van der Waals surface area contributed by atoms with Crippen molar-refractivity contribution in [3.8, 4) is 22.5 Å². The fraction of sp³-hybridized carbons (Fsp3) is 0.200. The Morgan fingerprint density at radius 3 is 2.44 bits per heavy atom. The third-order valence-corrected chi connectivity index (χ3v) is 6.49. The highest BCUT2D eigenvalue weighted by Gasteiger charge is 2.31. The highest BCUT2D eigenvalue weighted by molar-refractivity contribution is 8.00. The topological polar surface area (TPSA) is 72.7 Å². The number of hydrogen-bond acceptors (Lipinski definition) is 5. The Morgan fingerprint density at radius 2 is 1.69 bits per heavy atom. The lowest BCUT2D eigenvalue weighted by Gasteiger charge is -2.15. The minimum absolute atomic E-state index is 0.0609. The molecule has 2 heterocycles. The first kappa shape index (κ1) is 20.5. The van der Waals surface area contributed by atoms with Gasteiger partial charge in [-0.25, -0.2) is 0 Å². The van der Waals surface area contributed by atoms with Gasteiger partial charge in [0, 0.05) is 35.2 Å². The molecule has 0 unspecified atom stereocenters. The summed E-state index contributed by atoms with van der Waals surface area (Å²) in [4.78, 5) is 17.2. The Morgan fingerprint density at radius 1 is 0.969 bits per heavy atom. The summed E-state index contributed by atoms with van der Waals surface area (Å²) < 4.78 is 2.17. The Labute approximate surface area is 191 Å². The van der Waals surface area contributed by atoms with Gasteiger partial charge in [0.1, 0.15) is 0 Å². The first-order valence-electron chi connectivity index (χ1n) is 10.7. The van der Waals surface area contributed by atoms with Gasteiger partial charge in [-0.05, 0) is 43.5 Å². The molecular formula is C25H23N5OS. The van der Waals surface area contributed by atoms with Crippen molar-refractivity contribution in [2.24, 2.45) is 0 Å². The van der Waals surface area contributed by atoms with Gasteiger partial charge in [0.2, 0.25) is 5.91 Å². The molecule has 0 radical (unpaired) electrons. The summed E-state index contributed by atoms with van der Waals surface area (Å²) in [6, 6.07) is 22.2. The zero-order valence-electron chi connectivity index (χ0n) is 17.7. The van der Waals surface area contributed by atoms with E-state index in [2.05, 4.69) is 25.1 Å². The number of carbonyl (C=O) groups excluding carboxylic acids is 1. The van der Waals surface area contributed by atoms with Crippen molar-refractivity contribution in [1.82, 2.24) is 19.7 Å². The molecule has 2 aromatic carbocycles. The molecule has 1 fully saturated rings. The largest absolute Gasteiger partial charge is 0.325 e. The monoisotopic (exact) mass is 441 g/mol. The lowest BCUT2D eigenvalue weighted by atomic mass is 10.0. The molecule has 5 rings (SSSR count). The molecule has 4 aromatic rings. The van der Waals surface area contributed by atoms with Gasteiger partial charge in [0.05, 0.1) is 5.25 Å². The number of rotatable bonds is 7. The maximum atomic E-state index is 13.1. The Balaban J connectivity index is 1.35. The van der Waals surface area contributed by atoms with Gasteiger partial charge in [-0.1, -0.05) is 60.3 Å². The number of amides is 1. The number of para-hydroxylation sites is 1. The van der Waals surface area contributed by atoms with Gasteiger partial charge < -0.3 is 5.32 Å². The highest BCUT2D eigenvalue weighted by Crippen LogP contribution is 2.41. The minimum Gasteiger partial charge on any atom is -0.325 e. The number of nitrogens with one attached hydrogen (secondary N) is 1. The second kappa shape index (κ2) is 8.96. The van der Waals surface area contributed by atoms with E-state index in [1.807, 2.05) is 73.7 Å². The molecule has 1 amide bonds. The minimum atomic E-state index is -0.328. The van der Waals surface area contributed by atoms with Crippen molar-refractivity contribution in [2.45, 2.75) is 36.2 Å². The number of thioether (sulfide) groups is 1. The van der Waals surface area contributed by atoms with E-state index in [9.17, 15) is 4.79 Å². The van der Waals surface area contributed by atoms with Crippen LogP contribution in [0.2, 0.25) is 0 Å². The molecule has 0 saturated heterocycles. The Kier molecular flexibility index (Phi) is 5.73. The molecule has 0 bridgehead atoms. The highest BCUT2D eigenvalue weighted by atomic mass is 32.2. The molecule has 2 aromatic heterocycles. The fourth-order valence-corrected chi connectivity index (χ4v) is 4.54. The number of hydrogen-bond donors (Lipinski definition) is 1. The molecule has 160 valence electrons. The van der Waals surface area contributed by atoms with E-state index in [4.69, 9.17) is 0 Å². The van der Waals surface area contributed by atoms with E-state index in [0.717, 1.165) is 46.2 Å². The van der Waals surface area contributed by atoms with E-state index in [1.54, 1.807) is 12.4 Å². The Hall–Kier alpha value is -3.45. The number of nitrogens with zero attached hydrogens (tertiary/aromatic N) is 4. The lowest BCUT2D eigenvalue weighted by molar-refractivity contribution is -0.115. The molecule has 6 nitrogen and oxygen atoms in total. The molecule has 1 aliphatic rings. The first-order valence-corrected chi connectivity index (χ1v) is 11.6. The zero-order chi connectivity index (χ0) is 21.9. The summed E-state index contributed by atoms with van der Waals surface area (Å²) in [5.74, 6) is 0.772. The number of carbonyl (C=O) groups is 1. The summed E-state index contributed by atoms with van der Waals surface area (Å²) in [5, 5.41) is 12.4. The summed E-state index contributed by atoms with van der Waals surface area (Å²) in [5.41, 5.74) is 3.86. The van der Waals surface area contributed by atoms with Gasteiger partial charge in [0.15, 0.2) is 11.0 Å². The number of aromatic nitrogens is 4. The molecule has 0 aliphatic heterocycles. The molecular weight excluding hydrogens is 418 g/mol. The SMILES string of the molecule is C[C@H](Sc1nnc(-c2ccncc2)n1C1CC1)C(=O)Nc1ccccc1-c1ccccc1. The van der Waals surface area contributed by atoms with Crippen molar-refractivity contribution in [3.63, 3.8) is 0 Å². The maximum absolute atomic E-state index is 13.1. The maximum Gasteiger partial charge on any atom is 0.237 e. The average Bonchev–Trinajstić information content (AvgIpc) is 3.60. The third-order valence-electron chi connectivity index (χ3n) is 5.44. The van der Waals surface area contributed by atoms with E-state index in [0.29, 0.717) is 6.04 Å². The predicted molar refractivity (Wildman–Crippen MR) is 127 cm³/mol. The molecule has 32 heavy (non-hydrogen) atoms. The van der Waals surface area contributed by atoms with Gasteiger partial charge in [-0.15, -0.1) is 10.2 Å². The summed E-state index contributed by atoms with van der Waals surface area (Å²) in [7, 11) is 0. The quantitative estimate of drug-likeness (QED) is 0.386. The van der Waals surface area contributed by atoms with Crippen LogP contribution in [0.25, 0.3) is 22.5 Å². The van der Waals surface area contributed by atoms with Crippen LogP contribution in [0.4, 0.5) is 5.69 Å². The van der Waals surface area contributed by atoms with Crippen LogP contribution in [0.1, 0.15) is 25.8 Å². The van der Waals surface area contributed by atoms with Gasteiger partial charge in [0.25, 0.3) is 0 Å². The van der Waals surface area contributed by atoms with Gasteiger partial charge in [-0.3, -0.25) is 14.3 Å². The fourth-order valence-electron chi connectivity index (χ4n) is 3.62. The van der Waals surface area contributed by atoms with Crippen molar-refractivity contribution >= 4 is 23.4 Å². The Bertz CT molecular complexity index is 1220. The van der Waals surface area contributed by atoms with Crippen LogP contribution < -0.4 is 5.32 Å². The van der Waals surface area contributed by atoms with E-state index >= 15 is 0 Å². The molecule has 1 saturated carbocycles. The van der Waals surface area contributed by atoms with Crippen LogP contribution >= 0.6 is 11.8 Å². The van der Waals surface area contributed by atoms with Crippen LogP contribution in [0.3, 0.4) is 0 Å². The standard InChI is InChI=1S/C25H23N5OS/c1-17(24(31)27-22-10-6-5-9-21(22)18-7-3-2-4-8-18)32-25-29-28-23(30(25)20-11-12-20)19-13-15-26-16-14-19/h2-10,13-17,20H,11-12H2,1H3,(H,27,31)/t17-/m0/s1. The normalized spacial score (nSPS) is 14.2. The van der Waals surface area contributed by atoms with Crippen molar-refractivity contribution in [2.75, 3.05) is 5.32 Å². The smallest absolute Gasteiger partial charge is 0.237 e. The summed E-state index contributed by atoms with van der Waals surface area (Å²) in [6.07, 6.45) is 5.73. The van der Waals surface area contributed by atoms with Crippen LogP contribution in [0.5, 0.6) is 0 Å². The van der Waals surface area contributed by atoms with Crippen molar-refractivity contribution in [3.05, 3.63) is 79.1 Å². The molecule has 0 spiro atoms. The lowest BCUT2D eigenvalue weighted by Crippen LogP contribution is -2.23. The zero-order valence-corrected chi connectivity index (χ0v) is 18.5. The van der Waals surface area contributed by atoms with Crippen molar-refractivity contribution in [1.29, 1.82) is 0 Å². The van der Waals surface area contributed by atoms with Crippen LogP contribution in [0, 0.1) is 0 Å². The summed E-state index contributed by atoms with van der Waals surface area (Å²) >= 11 is 1.44. The molecule has 1 aliphatic carbocycles. The number of benzene rings is 2. The second-order valence-electron chi connectivity index (χ2n) is 7.80. The predicted octanol–water partition coefficient (Wildman–Crippen LogP) is 5.46. The first-order chi connectivity index (χ1) is 15.7. The summed E-state index contributed by atoms with van der Waals surface area (Å²) in [6.45, 7) is 1.91. The second-order valence-corrected chi connectivity index (χ2v) is 9.11.